The average molecular weight is 358 g/mol. The Morgan fingerprint density at radius 2 is 1.41 bits per heavy atom. The molecule has 0 N–H and O–H groups in total. The van der Waals surface area contributed by atoms with Gasteiger partial charge < -0.3 is 0 Å². The fourth-order valence-corrected chi connectivity index (χ4v) is 2.75. The van der Waals surface area contributed by atoms with Crippen molar-refractivity contribution in [3.63, 3.8) is 0 Å². The number of rotatable bonds is 5. The van der Waals surface area contributed by atoms with Crippen LogP contribution in [0.15, 0.2) is 83.9 Å². The van der Waals surface area contributed by atoms with Crippen LogP contribution in [0.25, 0.3) is 0 Å². The fourth-order valence-electron chi connectivity index (χ4n) is 2.75. The molecule has 0 unspecified atom stereocenters. The predicted octanol–water partition coefficient (Wildman–Crippen LogP) is 7.47. The lowest BCUT2D eigenvalue weighted by Gasteiger charge is -2.04. The van der Waals surface area contributed by atoms with E-state index < -0.39 is 0 Å². The van der Waals surface area contributed by atoms with Crippen LogP contribution in [0, 0.1) is 13.8 Å². The van der Waals surface area contributed by atoms with Gasteiger partial charge >= 0.3 is 0 Å². The van der Waals surface area contributed by atoms with Crippen molar-refractivity contribution in [1.29, 1.82) is 0 Å². The van der Waals surface area contributed by atoms with Crippen LogP contribution < -0.4 is 0 Å². The number of para-hydroxylation sites is 1. The van der Waals surface area contributed by atoms with Crippen molar-refractivity contribution in [3.05, 3.63) is 101 Å². The molecule has 0 aliphatic heterocycles. The van der Waals surface area contributed by atoms with Crippen LogP contribution in [0.2, 0.25) is 0 Å². The average Bonchev–Trinajstić information content (AvgIpc) is 2.70. The third-order valence-corrected chi connectivity index (χ3v) is 4.53. The van der Waals surface area contributed by atoms with Gasteiger partial charge in [-0.05, 0) is 56.4 Å². The zero-order valence-corrected chi connectivity index (χ0v) is 17.1. The Bertz CT molecular complexity index is 830. The Balaban J connectivity index is 0.000000223. The number of aliphatic imine (C=N–C) groups is 1. The topological polar surface area (TPSA) is 12.4 Å². The predicted molar refractivity (Wildman–Crippen MR) is 119 cm³/mol. The second kappa shape index (κ2) is 11.1. The summed E-state index contributed by atoms with van der Waals surface area (Å²) in [6.07, 6.45) is 3.83. The van der Waals surface area contributed by atoms with Gasteiger partial charge in [-0.1, -0.05) is 91.7 Å². The molecule has 0 spiro atoms. The number of nitrogens with zero attached hydrogens (tertiary/aromatic N) is 1. The second-order valence-electron chi connectivity index (χ2n) is 6.94. The van der Waals surface area contributed by atoms with Crippen LogP contribution in [0.4, 0.5) is 5.69 Å². The zero-order valence-electron chi connectivity index (χ0n) is 17.1. The summed E-state index contributed by atoms with van der Waals surface area (Å²) >= 11 is 0. The minimum Gasteiger partial charge on any atom is -0.253 e. The Kier molecular flexibility index (Phi) is 8.51. The standard InChI is InChI=1S/C16H17N.C10H14/c1-12-8-10-15(11-9-12)14(3)17-16-7-5-4-6-13(16)2;1-2-3-7-10-8-5-4-6-9-10/h4-11H,1-3H3;4-6,8-9H,2-3,7H2,1H3. The van der Waals surface area contributed by atoms with Gasteiger partial charge in [-0.25, -0.2) is 0 Å². The van der Waals surface area contributed by atoms with Crippen molar-refractivity contribution < 1.29 is 0 Å². The maximum Gasteiger partial charge on any atom is 0.0662 e. The van der Waals surface area contributed by atoms with E-state index in [0.29, 0.717) is 0 Å². The summed E-state index contributed by atoms with van der Waals surface area (Å²) in [5.41, 5.74) is 7.23. The molecule has 0 fully saturated rings. The molecule has 0 amide bonds. The molecule has 0 aliphatic carbocycles. The van der Waals surface area contributed by atoms with Crippen LogP contribution >= 0.6 is 0 Å². The summed E-state index contributed by atoms with van der Waals surface area (Å²) in [6.45, 7) is 8.46. The van der Waals surface area contributed by atoms with Crippen molar-refractivity contribution in [2.75, 3.05) is 0 Å². The summed E-state index contributed by atoms with van der Waals surface area (Å²) in [4.78, 5) is 4.68. The van der Waals surface area contributed by atoms with Crippen molar-refractivity contribution >= 4 is 11.4 Å². The zero-order chi connectivity index (χ0) is 19.5. The molecule has 3 aromatic rings. The Hall–Kier alpha value is -2.67. The van der Waals surface area contributed by atoms with Crippen LogP contribution in [0.3, 0.4) is 0 Å². The smallest absolute Gasteiger partial charge is 0.0662 e. The van der Waals surface area contributed by atoms with E-state index in [2.05, 4.69) is 93.4 Å². The lowest BCUT2D eigenvalue weighted by Crippen LogP contribution is -1.93. The molecular formula is C26H31N. The maximum atomic E-state index is 4.68. The van der Waals surface area contributed by atoms with Gasteiger partial charge in [-0.15, -0.1) is 0 Å². The highest BCUT2D eigenvalue weighted by Crippen LogP contribution is 2.19. The summed E-state index contributed by atoms with van der Waals surface area (Å²) in [5.74, 6) is 0. The van der Waals surface area contributed by atoms with Crippen LogP contribution in [0.5, 0.6) is 0 Å². The molecule has 27 heavy (non-hydrogen) atoms. The molecule has 0 saturated carbocycles. The molecule has 1 nitrogen and oxygen atoms in total. The Labute approximate surface area is 164 Å². The molecule has 3 aromatic carbocycles. The first-order chi connectivity index (χ1) is 13.1. The maximum absolute atomic E-state index is 4.68. The molecule has 0 bridgehead atoms. The number of aryl methyl sites for hydroxylation is 3. The van der Waals surface area contributed by atoms with E-state index in [-0.39, 0.29) is 0 Å². The molecule has 140 valence electrons. The number of benzene rings is 3. The van der Waals surface area contributed by atoms with E-state index in [1.54, 1.807) is 0 Å². The largest absolute Gasteiger partial charge is 0.253 e. The minimum absolute atomic E-state index is 1.05. The lowest BCUT2D eigenvalue weighted by molar-refractivity contribution is 0.795. The minimum atomic E-state index is 1.05. The van der Waals surface area contributed by atoms with E-state index >= 15 is 0 Å². The SMILES string of the molecule is CC(=Nc1ccccc1C)c1ccc(C)cc1.CCCCc1ccccc1. The van der Waals surface area contributed by atoms with E-state index in [4.69, 9.17) is 0 Å². The molecular weight excluding hydrogens is 326 g/mol. The van der Waals surface area contributed by atoms with Gasteiger partial charge in [0.05, 0.1) is 5.69 Å². The summed E-state index contributed by atoms with van der Waals surface area (Å²) in [5, 5.41) is 0. The van der Waals surface area contributed by atoms with Gasteiger partial charge in [0, 0.05) is 5.71 Å². The molecule has 0 aromatic heterocycles. The first-order valence-electron chi connectivity index (χ1n) is 9.82. The molecule has 3 rings (SSSR count). The monoisotopic (exact) mass is 357 g/mol. The van der Waals surface area contributed by atoms with Crippen molar-refractivity contribution in [2.45, 2.75) is 47.0 Å². The van der Waals surface area contributed by atoms with E-state index in [0.717, 1.165) is 11.4 Å². The number of hydrogen-bond donors (Lipinski definition) is 0. The van der Waals surface area contributed by atoms with Crippen LogP contribution in [-0.2, 0) is 6.42 Å². The summed E-state index contributed by atoms with van der Waals surface area (Å²) in [6, 6.07) is 27.3. The highest BCUT2D eigenvalue weighted by atomic mass is 14.7. The van der Waals surface area contributed by atoms with Gasteiger partial charge in [-0.2, -0.15) is 0 Å². The molecule has 0 radical (unpaired) electrons. The summed E-state index contributed by atoms with van der Waals surface area (Å²) in [7, 11) is 0. The second-order valence-corrected chi connectivity index (χ2v) is 6.94. The normalized spacial score (nSPS) is 10.9. The quantitative estimate of drug-likeness (QED) is 0.420. The third-order valence-electron chi connectivity index (χ3n) is 4.53. The van der Waals surface area contributed by atoms with Gasteiger partial charge in [0.15, 0.2) is 0 Å². The Morgan fingerprint density at radius 3 is 2.04 bits per heavy atom. The molecule has 0 saturated heterocycles. The van der Waals surface area contributed by atoms with Gasteiger partial charge in [0.1, 0.15) is 0 Å². The molecule has 0 atom stereocenters. The van der Waals surface area contributed by atoms with Crippen LogP contribution in [-0.4, -0.2) is 5.71 Å². The van der Waals surface area contributed by atoms with Gasteiger partial charge in [0.25, 0.3) is 0 Å². The highest BCUT2D eigenvalue weighted by molar-refractivity contribution is 6.00. The van der Waals surface area contributed by atoms with Gasteiger partial charge in [0.2, 0.25) is 0 Å². The molecule has 0 aliphatic rings. The highest BCUT2D eigenvalue weighted by Gasteiger charge is 1.99. The molecule has 1 heteroatoms. The van der Waals surface area contributed by atoms with Crippen molar-refractivity contribution in [1.82, 2.24) is 0 Å². The van der Waals surface area contributed by atoms with Crippen molar-refractivity contribution in [2.24, 2.45) is 4.99 Å². The van der Waals surface area contributed by atoms with Gasteiger partial charge in [-0.3, -0.25) is 4.99 Å². The first-order valence-corrected chi connectivity index (χ1v) is 9.82. The lowest BCUT2D eigenvalue weighted by atomic mass is 10.1. The van der Waals surface area contributed by atoms with E-state index in [1.165, 1.54) is 41.5 Å². The Morgan fingerprint density at radius 1 is 0.778 bits per heavy atom. The number of hydrogen-bond acceptors (Lipinski definition) is 1. The molecule has 0 heterocycles. The number of unbranched alkanes of at least 4 members (excludes halogenated alkanes) is 1. The third kappa shape index (κ3) is 7.22. The first kappa shape index (κ1) is 20.6. The van der Waals surface area contributed by atoms with Crippen molar-refractivity contribution in [3.8, 4) is 0 Å². The summed E-state index contributed by atoms with van der Waals surface area (Å²) < 4.78 is 0. The van der Waals surface area contributed by atoms with E-state index in [1.807, 2.05) is 18.2 Å². The van der Waals surface area contributed by atoms with E-state index in [9.17, 15) is 0 Å². The fraction of sp³-hybridized carbons (Fsp3) is 0.269. The van der Waals surface area contributed by atoms with Crippen LogP contribution in [0.1, 0.15) is 48.9 Å².